The van der Waals surface area contributed by atoms with Gasteiger partial charge in [0, 0.05) is 37.4 Å². The number of pyridine rings is 1. The van der Waals surface area contributed by atoms with Crippen molar-refractivity contribution in [2.45, 2.75) is 32.7 Å². The predicted molar refractivity (Wildman–Crippen MR) is 103 cm³/mol. The van der Waals surface area contributed by atoms with Gasteiger partial charge in [-0.2, -0.15) is 0 Å². The maximum absolute atomic E-state index is 12.8. The van der Waals surface area contributed by atoms with E-state index in [0.29, 0.717) is 5.56 Å². The van der Waals surface area contributed by atoms with Crippen molar-refractivity contribution in [2.24, 2.45) is 7.05 Å². The number of imidazole rings is 1. The largest absolute Gasteiger partial charge is 0.342 e. The number of nitrogens with one attached hydrogen (secondary N) is 1. The lowest BCUT2D eigenvalue weighted by atomic mass is 10.00. The predicted octanol–water partition coefficient (Wildman–Crippen LogP) is 4.06. The van der Waals surface area contributed by atoms with Gasteiger partial charge in [0.1, 0.15) is 5.82 Å². The van der Waals surface area contributed by atoms with E-state index in [9.17, 15) is 4.79 Å². The van der Waals surface area contributed by atoms with Crippen LogP contribution in [-0.4, -0.2) is 20.4 Å². The molecule has 1 aromatic carbocycles. The average Bonchev–Trinajstić information content (AvgIpc) is 3.07. The Labute approximate surface area is 154 Å². The van der Waals surface area contributed by atoms with Crippen LogP contribution in [-0.2, 0) is 7.05 Å². The Kier molecular flexibility index (Phi) is 5.46. The summed E-state index contributed by atoms with van der Waals surface area (Å²) in [5.41, 5.74) is 3.83. The second kappa shape index (κ2) is 7.95. The molecule has 1 amide bonds. The van der Waals surface area contributed by atoms with Crippen molar-refractivity contribution in [3.05, 3.63) is 72.1 Å². The molecule has 0 saturated carbocycles. The molecule has 1 atom stereocenters. The van der Waals surface area contributed by atoms with Crippen LogP contribution < -0.4 is 5.32 Å². The van der Waals surface area contributed by atoms with E-state index < -0.39 is 0 Å². The van der Waals surface area contributed by atoms with E-state index in [1.165, 1.54) is 0 Å². The second-order valence-corrected chi connectivity index (χ2v) is 6.48. The van der Waals surface area contributed by atoms with Crippen molar-refractivity contribution in [1.29, 1.82) is 0 Å². The number of benzene rings is 1. The number of aromatic nitrogens is 3. The summed E-state index contributed by atoms with van der Waals surface area (Å²) in [4.78, 5) is 21.4. The van der Waals surface area contributed by atoms with Gasteiger partial charge in [-0.1, -0.05) is 25.5 Å². The number of aryl methyl sites for hydroxylation is 2. The lowest BCUT2D eigenvalue weighted by Gasteiger charge is -2.18. The summed E-state index contributed by atoms with van der Waals surface area (Å²) in [7, 11) is 1.95. The van der Waals surface area contributed by atoms with Crippen LogP contribution in [0.2, 0.25) is 0 Å². The Hall–Kier alpha value is -2.95. The van der Waals surface area contributed by atoms with Crippen molar-refractivity contribution < 1.29 is 4.79 Å². The molecule has 0 aliphatic rings. The van der Waals surface area contributed by atoms with Gasteiger partial charge in [0.2, 0.25) is 0 Å². The molecule has 3 rings (SSSR count). The third-order valence-corrected chi connectivity index (χ3v) is 4.51. The fraction of sp³-hybridized carbons (Fsp3) is 0.286. The highest BCUT2D eigenvalue weighted by molar-refractivity contribution is 5.95. The first-order chi connectivity index (χ1) is 12.6. The Morgan fingerprint density at radius 1 is 1.27 bits per heavy atom. The van der Waals surface area contributed by atoms with Crippen LogP contribution in [0.3, 0.4) is 0 Å². The third-order valence-electron chi connectivity index (χ3n) is 4.51. The Balaban J connectivity index is 1.85. The molecule has 5 heteroatoms. The summed E-state index contributed by atoms with van der Waals surface area (Å²) < 4.78 is 1.96. The first-order valence-electron chi connectivity index (χ1n) is 8.89. The van der Waals surface area contributed by atoms with Gasteiger partial charge in [-0.05, 0) is 48.2 Å². The highest BCUT2D eigenvalue weighted by Gasteiger charge is 2.19. The maximum atomic E-state index is 12.8. The molecule has 0 unspecified atom stereocenters. The minimum Gasteiger partial charge on any atom is -0.342 e. The molecule has 0 spiro atoms. The van der Waals surface area contributed by atoms with Gasteiger partial charge in [-0.15, -0.1) is 0 Å². The fourth-order valence-corrected chi connectivity index (χ4v) is 3.13. The molecule has 0 bridgehead atoms. The van der Waals surface area contributed by atoms with E-state index in [1.54, 1.807) is 12.4 Å². The van der Waals surface area contributed by atoms with Crippen LogP contribution in [0.4, 0.5) is 0 Å². The van der Waals surface area contributed by atoms with Crippen LogP contribution in [0.25, 0.3) is 11.1 Å². The van der Waals surface area contributed by atoms with Crippen molar-refractivity contribution >= 4 is 5.91 Å². The molecular weight excluding hydrogens is 324 g/mol. The van der Waals surface area contributed by atoms with Gasteiger partial charge in [0.05, 0.1) is 6.04 Å². The lowest BCUT2D eigenvalue weighted by Crippen LogP contribution is -2.30. The summed E-state index contributed by atoms with van der Waals surface area (Å²) >= 11 is 0. The number of nitrogens with zero attached hydrogens (tertiary/aromatic N) is 3. The van der Waals surface area contributed by atoms with E-state index >= 15 is 0 Å². The molecule has 5 nitrogen and oxygen atoms in total. The second-order valence-electron chi connectivity index (χ2n) is 6.48. The minimum absolute atomic E-state index is 0.0833. The number of hydrogen-bond donors (Lipinski definition) is 1. The van der Waals surface area contributed by atoms with Gasteiger partial charge >= 0.3 is 0 Å². The zero-order valence-corrected chi connectivity index (χ0v) is 15.4. The normalized spacial score (nSPS) is 12.0. The van der Waals surface area contributed by atoms with Gasteiger partial charge in [0.25, 0.3) is 5.91 Å². The average molecular weight is 348 g/mol. The topological polar surface area (TPSA) is 59.8 Å². The quantitative estimate of drug-likeness (QED) is 0.731. The smallest absolute Gasteiger partial charge is 0.251 e. The SMILES string of the molecule is CCC[C@@H](NC(=O)c1cccc(-c2ccncc2C)c1)c1nccn1C. The lowest BCUT2D eigenvalue weighted by molar-refractivity contribution is 0.0932. The Morgan fingerprint density at radius 2 is 2.12 bits per heavy atom. The first-order valence-corrected chi connectivity index (χ1v) is 8.89. The molecule has 0 aliphatic heterocycles. The summed E-state index contributed by atoms with van der Waals surface area (Å²) in [6.45, 7) is 4.13. The monoisotopic (exact) mass is 348 g/mol. The number of rotatable bonds is 6. The van der Waals surface area contributed by atoms with Crippen LogP contribution >= 0.6 is 0 Å². The molecular formula is C21H24N4O. The summed E-state index contributed by atoms with van der Waals surface area (Å²) in [6, 6.07) is 9.58. The summed E-state index contributed by atoms with van der Waals surface area (Å²) in [5, 5.41) is 3.14. The van der Waals surface area contributed by atoms with Crippen molar-refractivity contribution in [3.8, 4) is 11.1 Å². The summed E-state index contributed by atoms with van der Waals surface area (Å²) in [5.74, 6) is 0.793. The fourth-order valence-electron chi connectivity index (χ4n) is 3.13. The zero-order valence-electron chi connectivity index (χ0n) is 15.4. The van der Waals surface area contributed by atoms with Crippen LogP contribution in [0, 0.1) is 6.92 Å². The molecule has 26 heavy (non-hydrogen) atoms. The van der Waals surface area contributed by atoms with E-state index in [-0.39, 0.29) is 11.9 Å². The molecule has 1 N–H and O–H groups in total. The van der Waals surface area contributed by atoms with Crippen LogP contribution in [0.5, 0.6) is 0 Å². The van der Waals surface area contributed by atoms with Crippen LogP contribution in [0.1, 0.15) is 47.6 Å². The molecule has 0 radical (unpaired) electrons. The van der Waals surface area contributed by atoms with E-state index in [0.717, 1.165) is 35.4 Å². The van der Waals surface area contributed by atoms with Gasteiger partial charge in [-0.25, -0.2) is 4.98 Å². The van der Waals surface area contributed by atoms with Crippen molar-refractivity contribution in [2.75, 3.05) is 0 Å². The molecule has 0 fully saturated rings. The summed E-state index contributed by atoms with van der Waals surface area (Å²) in [6.07, 6.45) is 9.08. The Bertz CT molecular complexity index is 900. The van der Waals surface area contributed by atoms with Crippen LogP contribution in [0.15, 0.2) is 55.1 Å². The van der Waals surface area contributed by atoms with E-state index in [1.807, 2.05) is 61.3 Å². The maximum Gasteiger partial charge on any atom is 0.251 e. The van der Waals surface area contributed by atoms with Gasteiger partial charge < -0.3 is 9.88 Å². The minimum atomic E-state index is -0.0983. The first kappa shape index (κ1) is 17.9. The standard InChI is InChI=1S/C21H24N4O/c1-4-6-19(20-23-11-12-25(20)3)24-21(26)17-8-5-7-16(13-17)18-9-10-22-14-15(18)2/h5,7-14,19H,4,6H2,1-3H3,(H,24,26)/t19-/m1/s1. The third kappa shape index (κ3) is 3.82. The van der Waals surface area contributed by atoms with Crippen molar-refractivity contribution in [3.63, 3.8) is 0 Å². The Morgan fingerprint density at radius 3 is 2.81 bits per heavy atom. The highest BCUT2D eigenvalue weighted by atomic mass is 16.1. The number of carbonyl (C=O) groups is 1. The molecule has 3 aromatic rings. The molecule has 0 saturated heterocycles. The molecule has 134 valence electrons. The highest BCUT2D eigenvalue weighted by Crippen LogP contribution is 2.24. The molecule has 2 aromatic heterocycles. The van der Waals surface area contributed by atoms with E-state index in [2.05, 4.69) is 22.2 Å². The van der Waals surface area contributed by atoms with Crippen molar-refractivity contribution in [1.82, 2.24) is 19.9 Å². The van der Waals surface area contributed by atoms with Gasteiger partial charge in [0.15, 0.2) is 0 Å². The van der Waals surface area contributed by atoms with Gasteiger partial charge in [-0.3, -0.25) is 9.78 Å². The molecule has 2 heterocycles. The number of carbonyl (C=O) groups excluding carboxylic acids is 1. The number of hydrogen-bond acceptors (Lipinski definition) is 3. The number of amides is 1. The zero-order chi connectivity index (χ0) is 18.5. The van der Waals surface area contributed by atoms with E-state index in [4.69, 9.17) is 0 Å². The molecule has 0 aliphatic carbocycles.